The number of aromatic amines is 1. The molecule has 6 heteroatoms. The summed E-state index contributed by atoms with van der Waals surface area (Å²) in [7, 11) is 3.11. The average Bonchev–Trinajstić information content (AvgIpc) is 3.00. The number of esters is 1. The molecule has 1 unspecified atom stereocenters. The van der Waals surface area contributed by atoms with Crippen molar-refractivity contribution in [1.82, 2.24) is 15.6 Å². The van der Waals surface area contributed by atoms with Gasteiger partial charge in [-0.25, -0.2) is 0 Å². The molecule has 0 spiro atoms. The summed E-state index contributed by atoms with van der Waals surface area (Å²) < 4.78 is 4.71. The van der Waals surface area contributed by atoms with Gasteiger partial charge in [0.15, 0.2) is 5.96 Å². The predicted molar refractivity (Wildman–Crippen MR) is 92.5 cm³/mol. The number of rotatable bonds is 6. The third-order valence-electron chi connectivity index (χ3n) is 3.76. The van der Waals surface area contributed by atoms with Crippen molar-refractivity contribution in [2.75, 3.05) is 27.2 Å². The van der Waals surface area contributed by atoms with Gasteiger partial charge in [0.2, 0.25) is 0 Å². The zero-order chi connectivity index (χ0) is 16.7. The summed E-state index contributed by atoms with van der Waals surface area (Å²) in [6.45, 7) is 3.06. The standard InChI is InChI=1S/C17H24N4O2/c1-12(16(22)23-3)10-21-17(18-2)19-9-8-13-11-20-15-7-5-4-6-14(13)15/h4-7,11-12,20H,8-10H2,1-3H3,(H2,18,19,21). The van der Waals surface area contributed by atoms with Gasteiger partial charge in [-0.3, -0.25) is 9.79 Å². The van der Waals surface area contributed by atoms with Crippen LogP contribution in [0.3, 0.4) is 0 Å². The number of carbonyl (C=O) groups is 1. The molecule has 1 heterocycles. The fourth-order valence-corrected chi connectivity index (χ4v) is 2.41. The number of para-hydroxylation sites is 1. The van der Waals surface area contributed by atoms with E-state index in [0.717, 1.165) is 18.5 Å². The lowest BCUT2D eigenvalue weighted by Crippen LogP contribution is -2.41. The summed E-state index contributed by atoms with van der Waals surface area (Å²) in [5.41, 5.74) is 2.42. The van der Waals surface area contributed by atoms with Crippen molar-refractivity contribution in [2.24, 2.45) is 10.9 Å². The molecule has 6 nitrogen and oxygen atoms in total. The van der Waals surface area contributed by atoms with Gasteiger partial charge in [-0.1, -0.05) is 25.1 Å². The first kappa shape index (κ1) is 16.9. The van der Waals surface area contributed by atoms with E-state index in [1.807, 2.05) is 25.3 Å². The number of H-pyrrole nitrogens is 1. The van der Waals surface area contributed by atoms with Crippen LogP contribution in [0.15, 0.2) is 35.5 Å². The molecule has 0 saturated carbocycles. The van der Waals surface area contributed by atoms with Crippen molar-refractivity contribution in [3.8, 4) is 0 Å². The number of ether oxygens (including phenoxy) is 1. The summed E-state index contributed by atoms with van der Waals surface area (Å²) in [5.74, 6) is 0.236. The largest absolute Gasteiger partial charge is 0.469 e. The van der Waals surface area contributed by atoms with Gasteiger partial charge in [0.05, 0.1) is 13.0 Å². The number of nitrogens with zero attached hydrogens (tertiary/aromatic N) is 1. The SMILES string of the molecule is CN=C(NCCc1c[nH]c2ccccc12)NCC(C)C(=O)OC. The van der Waals surface area contributed by atoms with Crippen molar-refractivity contribution in [3.63, 3.8) is 0 Å². The van der Waals surface area contributed by atoms with Crippen molar-refractivity contribution < 1.29 is 9.53 Å². The molecule has 0 radical (unpaired) electrons. The molecule has 0 saturated heterocycles. The number of nitrogens with one attached hydrogen (secondary N) is 3. The molecule has 1 atom stereocenters. The Morgan fingerprint density at radius 1 is 1.35 bits per heavy atom. The lowest BCUT2D eigenvalue weighted by Gasteiger charge is -2.14. The third kappa shape index (κ3) is 4.48. The summed E-state index contributed by atoms with van der Waals surface area (Å²) in [6.07, 6.45) is 2.93. The van der Waals surface area contributed by atoms with E-state index in [1.165, 1.54) is 18.1 Å². The van der Waals surface area contributed by atoms with E-state index in [1.54, 1.807) is 7.05 Å². The van der Waals surface area contributed by atoms with E-state index in [-0.39, 0.29) is 11.9 Å². The third-order valence-corrected chi connectivity index (χ3v) is 3.76. The second kappa shape index (κ2) is 8.22. The van der Waals surface area contributed by atoms with Crippen LogP contribution in [-0.2, 0) is 16.0 Å². The van der Waals surface area contributed by atoms with E-state index < -0.39 is 0 Å². The van der Waals surface area contributed by atoms with E-state index in [0.29, 0.717) is 12.5 Å². The Balaban J connectivity index is 1.81. The highest BCUT2D eigenvalue weighted by atomic mass is 16.5. The Morgan fingerprint density at radius 3 is 2.87 bits per heavy atom. The van der Waals surface area contributed by atoms with Crippen LogP contribution < -0.4 is 10.6 Å². The number of hydrogen-bond donors (Lipinski definition) is 3. The lowest BCUT2D eigenvalue weighted by atomic mass is 10.1. The molecular formula is C17H24N4O2. The molecule has 3 N–H and O–H groups in total. The fraction of sp³-hybridized carbons (Fsp3) is 0.412. The highest BCUT2D eigenvalue weighted by Crippen LogP contribution is 2.17. The van der Waals surface area contributed by atoms with Crippen molar-refractivity contribution in [3.05, 3.63) is 36.0 Å². The summed E-state index contributed by atoms with van der Waals surface area (Å²) in [5, 5.41) is 7.64. The van der Waals surface area contributed by atoms with Crippen LogP contribution in [-0.4, -0.2) is 44.2 Å². The predicted octanol–water partition coefficient (Wildman–Crippen LogP) is 1.68. The smallest absolute Gasteiger partial charge is 0.310 e. The summed E-state index contributed by atoms with van der Waals surface area (Å²) >= 11 is 0. The van der Waals surface area contributed by atoms with Crippen molar-refractivity contribution >= 4 is 22.8 Å². The Hall–Kier alpha value is -2.50. The van der Waals surface area contributed by atoms with E-state index in [9.17, 15) is 4.79 Å². The minimum absolute atomic E-state index is 0.216. The number of benzene rings is 1. The normalized spacial score (nSPS) is 12.9. The highest BCUT2D eigenvalue weighted by molar-refractivity contribution is 5.83. The van der Waals surface area contributed by atoms with Crippen LogP contribution in [0.5, 0.6) is 0 Å². The zero-order valence-corrected chi connectivity index (χ0v) is 13.8. The van der Waals surface area contributed by atoms with E-state index in [2.05, 4.69) is 32.7 Å². The number of aliphatic imine (C=N–C) groups is 1. The number of hydrogen-bond acceptors (Lipinski definition) is 3. The van der Waals surface area contributed by atoms with Crippen LogP contribution in [0.2, 0.25) is 0 Å². The van der Waals surface area contributed by atoms with Gasteiger partial charge in [0.25, 0.3) is 0 Å². The fourth-order valence-electron chi connectivity index (χ4n) is 2.41. The summed E-state index contributed by atoms with van der Waals surface area (Å²) in [6, 6.07) is 8.25. The van der Waals surface area contributed by atoms with Gasteiger partial charge in [0.1, 0.15) is 0 Å². The molecule has 1 aromatic carbocycles. The number of methoxy groups -OCH3 is 1. The van der Waals surface area contributed by atoms with Gasteiger partial charge < -0.3 is 20.4 Å². The van der Waals surface area contributed by atoms with Gasteiger partial charge in [-0.05, 0) is 18.1 Å². The Morgan fingerprint density at radius 2 is 2.13 bits per heavy atom. The first-order valence-electron chi connectivity index (χ1n) is 7.73. The number of guanidine groups is 1. The van der Waals surface area contributed by atoms with Crippen LogP contribution >= 0.6 is 0 Å². The highest BCUT2D eigenvalue weighted by Gasteiger charge is 2.13. The molecule has 0 aliphatic heterocycles. The minimum Gasteiger partial charge on any atom is -0.469 e. The monoisotopic (exact) mass is 316 g/mol. The molecule has 0 aliphatic carbocycles. The number of fused-ring (bicyclic) bond motifs is 1. The van der Waals surface area contributed by atoms with Crippen LogP contribution in [0, 0.1) is 5.92 Å². The van der Waals surface area contributed by atoms with Crippen LogP contribution in [0.25, 0.3) is 10.9 Å². The number of aromatic nitrogens is 1. The van der Waals surface area contributed by atoms with Gasteiger partial charge in [-0.2, -0.15) is 0 Å². The molecular weight excluding hydrogens is 292 g/mol. The lowest BCUT2D eigenvalue weighted by molar-refractivity contribution is -0.144. The molecule has 0 fully saturated rings. The van der Waals surface area contributed by atoms with E-state index >= 15 is 0 Å². The topological polar surface area (TPSA) is 78.5 Å². The molecule has 2 rings (SSSR count). The second-order valence-electron chi connectivity index (χ2n) is 5.41. The molecule has 0 bridgehead atoms. The van der Waals surface area contributed by atoms with Gasteiger partial charge in [-0.15, -0.1) is 0 Å². The average molecular weight is 316 g/mol. The summed E-state index contributed by atoms with van der Waals surface area (Å²) in [4.78, 5) is 18.8. The first-order valence-corrected chi connectivity index (χ1v) is 7.73. The van der Waals surface area contributed by atoms with E-state index in [4.69, 9.17) is 4.74 Å². The maximum atomic E-state index is 11.4. The Labute approximate surface area is 136 Å². The van der Waals surface area contributed by atoms with Crippen molar-refractivity contribution in [1.29, 1.82) is 0 Å². The molecule has 124 valence electrons. The quantitative estimate of drug-likeness (QED) is 0.430. The minimum atomic E-state index is -0.230. The second-order valence-corrected chi connectivity index (χ2v) is 5.41. The molecule has 2 aromatic rings. The number of carbonyl (C=O) groups excluding carboxylic acids is 1. The molecule has 0 aliphatic rings. The van der Waals surface area contributed by atoms with Crippen LogP contribution in [0.4, 0.5) is 0 Å². The zero-order valence-electron chi connectivity index (χ0n) is 13.8. The Kier molecular flexibility index (Phi) is 6.02. The molecule has 0 amide bonds. The maximum Gasteiger partial charge on any atom is 0.310 e. The van der Waals surface area contributed by atoms with Crippen molar-refractivity contribution in [2.45, 2.75) is 13.3 Å². The molecule has 23 heavy (non-hydrogen) atoms. The van der Waals surface area contributed by atoms with Gasteiger partial charge >= 0.3 is 5.97 Å². The molecule has 1 aromatic heterocycles. The maximum absolute atomic E-state index is 11.4. The Bertz CT molecular complexity index is 678. The van der Waals surface area contributed by atoms with Crippen LogP contribution in [0.1, 0.15) is 12.5 Å². The first-order chi connectivity index (χ1) is 11.2. The van der Waals surface area contributed by atoms with Gasteiger partial charge in [0, 0.05) is 37.2 Å².